The topological polar surface area (TPSA) is 44.3 Å². The van der Waals surface area contributed by atoms with Crippen molar-refractivity contribution in [1.29, 1.82) is 0 Å². The molecule has 0 saturated heterocycles. The molecule has 3 heteroatoms. The molecule has 3 N–H and O–H groups in total. The third-order valence-corrected chi connectivity index (χ3v) is 4.00. The summed E-state index contributed by atoms with van der Waals surface area (Å²) in [5.74, 6) is 0. The van der Waals surface area contributed by atoms with Crippen LogP contribution in [-0.4, -0.2) is 18.2 Å². The second-order valence-electron chi connectivity index (χ2n) is 5.54. The van der Waals surface area contributed by atoms with Gasteiger partial charge in [0.25, 0.3) is 0 Å². The lowest BCUT2D eigenvalue weighted by molar-refractivity contribution is 0.174. The molecule has 2 aromatic rings. The monoisotopic (exact) mass is 282 g/mol. The molecule has 0 aromatic heterocycles. The van der Waals surface area contributed by atoms with Crippen LogP contribution >= 0.6 is 0 Å². The maximum atomic E-state index is 10.2. The van der Waals surface area contributed by atoms with Crippen LogP contribution in [0.25, 0.3) is 0 Å². The van der Waals surface area contributed by atoms with Crippen molar-refractivity contribution in [2.45, 2.75) is 25.5 Å². The largest absolute Gasteiger partial charge is 0.387 e. The van der Waals surface area contributed by atoms with Crippen molar-refractivity contribution in [3.8, 4) is 0 Å². The minimum Gasteiger partial charge on any atom is -0.387 e. The Morgan fingerprint density at radius 3 is 2.81 bits per heavy atom. The average Bonchev–Trinajstić information content (AvgIpc) is 2.56. The van der Waals surface area contributed by atoms with Gasteiger partial charge in [-0.05, 0) is 29.5 Å². The van der Waals surface area contributed by atoms with Gasteiger partial charge < -0.3 is 15.7 Å². The molecule has 3 rings (SSSR count). The molecular formula is C18H22N2O. The summed E-state index contributed by atoms with van der Waals surface area (Å²) in [6.45, 7) is 2.39. The van der Waals surface area contributed by atoms with Gasteiger partial charge in [-0.15, -0.1) is 0 Å². The number of fused-ring (bicyclic) bond motifs is 1. The minimum absolute atomic E-state index is 0.460. The number of hydrogen-bond acceptors (Lipinski definition) is 3. The molecule has 3 nitrogen and oxygen atoms in total. The number of aliphatic hydroxyl groups excluding tert-OH is 1. The first kappa shape index (κ1) is 14.1. The van der Waals surface area contributed by atoms with Gasteiger partial charge in [0.15, 0.2) is 0 Å². The number of anilines is 1. The van der Waals surface area contributed by atoms with E-state index >= 15 is 0 Å². The second kappa shape index (κ2) is 6.74. The van der Waals surface area contributed by atoms with Gasteiger partial charge in [0, 0.05) is 25.3 Å². The molecule has 1 heterocycles. The first-order valence-corrected chi connectivity index (χ1v) is 7.63. The van der Waals surface area contributed by atoms with Crippen LogP contribution in [0.3, 0.4) is 0 Å². The van der Waals surface area contributed by atoms with Crippen LogP contribution in [0.1, 0.15) is 29.2 Å². The quantitative estimate of drug-likeness (QED) is 0.790. The van der Waals surface area contributed by atoms with Crippen molar-refractivity contribution >= 4 is 5.69 Å². The summed E-state index contributed by atoms with van der Waals surface area (Å²) >= 11 is 0. The van der Waals surface area contributed by atoms with Gasteiger partial charge in [0.05, 0.1) is 6.10 Å². The maximum Gasteiger partial charge on any atom is 0.0914 e. The number of aryl methyl sites for hydroxylation is 1. The van der Waals surface area contributed by atoms with E-state index in [1.807, 2.05) is 30.3 Å². The number of para-hydroxylation sites is 1. The highest BCUT2D eigenvalue weighted by Crippen LogP contribution is 2.26. The Morgan fingerprint density at radius 2 is 1.95 bits per heavy atom. The maximum absolute atomic E-state index is 10.2. The van der Waals surface area contributed by atoms with Crippen LogP contribution in [0.15, 0.2) is 48.5 Å². The molecule has 0 fully saturated rings. The molecule has 21 heavy (non-hydrogen) atoms. The van der Waals surface area contributed by atoms with E-state index in [-0.39, 0.29) is 0 Å². The number of benzene rings is 2. The summed E-state index contributed by atoms with van der Waals surface area (Å²) in [6, 6.07) is 16.3. The smallest absolute Gasteiger partial charge is 0.0914 e. The Bertz CT molecular complexity index is 583. The molecule has 1 aliphatic rings. The summed E-state index contributed by atoms with van der Waals surface area (Å²) in [5, 5.41) is 17.0. The number of nitrogens with one attached hydrogen (secondary N) is 2. The third kappa shape index (κ3) is 3.43. The lowest BCUT2D eigenvalue weighted by Crippen LogP contribution is -2.22. The molecule has 0 saturated carbocycles. The number of aliphatic hydroxyl groups is 1. The molecular weight excluding hydrogens is 260 g/mol. The molecule has 0 spiro atoms. The highest BCUT2D eigenvalue weighted by molar-refractivity contribution is 5.59. The van der Waals surface area contributed by atoms with Gasteiger partial charge in [0.2, 0.25) is 0 Å². The fourth-order valence-electron chi connectivity index (χ4n) is 2.86. The molecule has 1 aliphatic heterocycles. The fourth-order valence-corrected chi connectivity index (χ4v) is 2.86. The average molecular weight is 282 g/mol. The first-order chi connectivity index (χ1) is 10.3. The van der Waals surface area contributed by atoms with Crippen molar-refractivity contribution in [3.63, 3.8) is 0 Å². The molecule has 1 atom stereocenters. The van der Waals surface area contributed by atoms with Gasteiger partial charge in [-0.1, -0.05) is 48.5 Å². The SMILES string of the molecule is OC(CNCc1cccc2c1NCCC2)c1ccccc1. The van der Waals surface area contributed by atoms with Crippen molar-refractivity contribution in [2.24, 2.45) is 0 Å². The predicted molar refractivity (Wildman–Crippen MR) is 86.4 cm³/mol. The summed E-state index contributed by atoms with van der Waals surface area (Å²) in [4.78, 5) is 0. The van der Waals surface area contributed by atoms with E-state index in [0.717, 1.165) is 25.1 Å². The highest BCUT2D eigenvalue weighted by Gasteiger charge is 2.12. The Morgan fingerprint density at radius 1 is 1.10 bits per heavy atom. The van der Waals surface area contributed by atoms with Gasteiger partial charge in [-0.2, -0.15) is 0 Å². The van der Waals surface area contributed by atoms with Crippen molar-refractivity contribution in [3.05, 3.63) is 65.2 Å². The normalized spacial score (nSPS) is 15.1. The standard InChI is InChI=1S/C18H22N2O/c21-17(14-6-2-1-3-7-14)13-19-12-16-9-4-8-15-10-5-11-20-18(15)16/h1-4,6-9,17,19-21H,5,10-13H2. The lowest BCUT2D eigenvalue weighted by atomic mass is 9.99. The lowest BCUT2D eigenvalue weighted by Gasteiger charge is -2.21. The zero-order chi connectivity index (χ0) is 14.5. The summed E-state index contributed by atoms with van der Waals surface area (Å²) in [7, 11) is 0. The fraction of sp³-hybridized carbons (Fsp3) is 0.333. The van der Waals surface area contributed by atoms with Crippen LogP contribution in [0.2, 0.25) is 0 Å². The van der Waals surface area contributed by atoms with Gasteiger partial charge >= 0.3 is 0 Å². The Labute approximate surface area is 126 Å². The molecule has 2 aromatic carbocycles. The van der Waals surface area contributed by atoms with Crippen LogP contribution < -0.4 is 10.6 Å². The Kier molecular flexibility index (Phi) is 4.53. The molecule has 110 valence electrons. The van der Waals surface area contributed by atoms with Crippen molar-refractivity contribution in [2.75, 3.05) is 18.4 Å². The Hall–Kier alpha value is -1.84. The van der Waals surface area contributed by atoms with Crippen LogP contribution in [0, 0.1) is 0 Å². The van der Waals surface area contributed by atoms with E-state index in [4.69, 9.17) is 0 Å². The summed E-state index contributed by atoms with van der Waals surface area (Å²) < 4.78 is 0. The predicted octanol–water partition coefficient (Wildman–Crippen LogP) is 2.87. The first-order valence-electron chi connectivity index (χ1n) is 7.63. The van der Waals surface area contributed by atoms with Crippen LogP contribution in [-0.2, 0) is 13.0 Å². The highest BCUT2D eigenvalue weighted by atomic mass is 16.3. The van der Waals surface area contributed by atoms with Gasteiger partial charge in [-0.25, -0.2) is 0 Å². The summed E-state index contributed by atoms with van der Waals surface area (Å²) in [6.07, 6.45) is 1.90. The number of rotatable bonds is 5. The minimum atomic E-state index is -0.460. The van der Waals surface area contributed by atoms with Crippen LogP contribution in [0.4, 0.5) is 5.69 Å². The van der Waals surface area contributed by atoms with E-state index in [2.05, 4.69) is 28.8 Å². The van der Waals surface area contributed by atoms with E-state index in [0.29, 0.717) is 6.54 Å². The molecule has 0 amide bonds. The van der Waals surface area contributed by atoms with Gasteiger partial charge in [-0.3, -0.25) is 0 Å². The molecule has 0 aliphatic carbocycles. The second-order valence-corrected chi connectivity index (χ2v) is 5.54. The van der Waals surface area contributed by atoms with E-state index < -0.39 is 6.10 Å². The molecule has 0 bridgehead atoms. The van der Waals surface area contributed by atoms with Crippen molar-refractivity contribution < 1.29 is 5.11 Å². The van der Waals surface area contributed by atoms with E-state index in [1.165, 1.54) is 23.2 Å². The zero-order valence-corrected chi connectivity index (χ0v) is 12.2. The van der Waals surface area contributed by atoms with E-state index in [9.17, 15) is 5.11 Å². The molecule has 1 unspecified atom stereocenters. The van der Waals surface area contributed by atoms with E-state index in [1.54, 1.807) is 0 Å². The number of hydrogen-bond donors (Lipinski definition) is 3. The zero-order valence-electron chi connectivity index (χ0n) is 12.2. The third-order valence-electron chi connectivity index (χ3n) is 4.00. The van der Waals surface area contributed by atoms with Crippen molar-refractivity contribution in [1.82, 2.24) is 5.32 Å². The Balaban J connectivity index is 1.59. The van der Waals surface area contributed by atoms with Gasteiger partial charge in [0.1, 0.15) is 0 Å². The summed E-state index contributed by atoms with van der Waals surface area (Å²) in [5.41, 5.74) is 4.93. The van der Waals surface area contributed by atoms with Crippen LogP contribution in [0.5, 0.6) is 0 Å². The molecule has 0 radical (unpaired) electrons.